The van der Waals surface area contributed by atoms with Crippen LogP contribution in [-0.2, 0) is 4.79 Å². The van der Waals surface area contributed by atoms with E-state index >= 15 is 0 Å². The van der Waals surface area contributed by atoms with Crippen molar-refractivity contribution in [2.45, 2.75) is 45.4 Å². The summed E-state index contributed by atoms with van der Waals surface area (Å²) < 4.78 is 0. The van der Waals surface area contributed by atoms with E-state index in [4.69, 9.17) is 0 Å². The average Bonchev–Trinajstić information content (AvgIpc) is 2.94. The first-order valence-electron chi connectivity index (χ1n) is 7.98. The smallest absolute Gasteiger partial charge is 0.227 e. The molecule has 2 rings (SSSR count). The van der Waals surface area contributed by atoms with Crippen LogP contribution in [0.15, 0.2) is 0 Å². The molecule has 4 heteroatoms. The number of hydrogen-bond donors (Lipinski definition) is 2. The van der Waals surface area contributed by atoms with Crippen molar-refractivity contribution < 1.29 is 4.79 Å². The molecule has 0 radical (unpaired) electrons. The molecule has 0 bridgehead atoms. The van der Waals surface area contributed by atoms with Crippen molar-refractivity contribution in [1.82, 2.24) is 15.5 Å². The zero-order valence-electron chi connectivity index (χ0n) is 12.3. The Balaban J connectivity index is 1.63. The zero-order valence-corrected chi connectivity index (χ0v) is 12.3. The van der Waals surface area contributed by atoms with Crippen LogP contribution in [0.2, 0.25) is 0 Å². The van der Waals surface area contributed by atoms with Crippen molar-refractivity contribution in [1.29, 1.82) is 0 Å². The molecule has 2 fully saturated rings. The molecule has 1 atom stereocenters. The molecular weight excluding hydrogens is 238 g/mol. The third kappa shape index (κ3) is 3.93. The molecule has 4 nitrogen and oxygen atoms in total. The van der Waals surface area contributed by atoms with Crippen LogP contribution in [0.1, 0.15) is 45.4 Å². The van der Waals surface area contributed by atoms with E-state index in [0.29, 0.717) is 0 Å². The quantitative estimate of drug-likeness (QED) is 0.714. The highest BCUT2D eigenvalue weighted by molar-refractivity contribution is 5.83. The lowest BCUT2D eigenvalue weighted by atomic mass is 9.83. The van der Waals surface area contributed by atoms with Gasteiger partial charge < -0.3 is 15.5 Å². The van der Waals surface area contributed by atoms with Crippen LogP contribution in [0, 0.1) is 5.41 Å². The number of hydrogen-bond acceptors (Lipinski definition) is 3. The highest BCUT2D eigenvalue weighted by Crippen LogP contribution is 2.29. The fourth-order valence-electron chi connectivity index (χ4n) is 3.27. The number of rotatable bonds is 6. The van der Waals surface area contributed by atoms with Crippen LogP contribution in [0.25, 0.3) is 0 Å². The molecule has 19 heavy (non-hydrogen) atoms. The molecule has 0 aromatic heterocycles. The minimum absolute atomic E-state index is 0.134. The number of likely N-dealkylation sites (tertiary alicyclic amines) is 1. The number of nitrogens with one attached hydrogen (secondary N) is 2. The van der Waals surface area contributed by atoms with Crippen LogP contribution >= 0.6 is 0 Å². The van der Waals surface area contributed by atoms with E-state index in [2.05, 4.69) is 22.5 Å². The van der Waals surface area contributed by atoms with Gasteiger partial charge >= 0.3 is 0 Å². The van der Waals surface area contributed by atoms with Gasteiger partial charge in [-0.2, -0.15) is 0 Å². The lowest BCUT2D eigenvalue weighted by Crippen LogP contribution is -2.43. The van der Waals surface area contributed by atoms with E-state index in [1.807, 2.05) is 0 Å². The largest absolute Gasteiger partial charge is 0.356 e. The van der Waals surface area contributed by atoms with Gasteiger partial charge in [0.2, 0.25) is 5.91 Å². The average molecular weight is 267 g/mol. The molecule has 1 amide bonds. The third-order valence-electron chi connectivity index (χ3n) is 4.79. The van der Waals surface area contributed by atoms with Crippen LogP contribution in [-0.4, -0.2) is 50.1 Å². The Morgan fingerprint density at radius 2 is 2.11 bits per heavy atom. The number of carbonyl (C=O) groups is 1. The van der Waals surface area contributed by atoms with Gasteiger partial charge in [-0.15, -0.1) is 0 Å². The topological polar surface area (TPSA) is 44.4 Å². The molecule has 0 saturated carbocycles. The Kier molecular flexibility index (Phi) is 5.64. The molecule has 0 spiro atoms. The molecule has 0 aromatic carbocycles. The zero-order chi connectivity index (χ0) is 13.6. The Morgan fingerprint density at radius 3 is 2.74 bits per heavy atom. The van der Waals surface area contributed by atoms with Crippen molar-refractivity contribution in [2.24, 2.45) is 5.41 Å². The number of nitrogens with zero attached hydrogens (tertiary/aromatic N) is 1. The van der Waals surface area contributed by atoms with Gasteiger partial charge in [0.1, 0.15) is 0 Å². The summed E-state index contributed by atoms with van der Waals surface area (Å²) in [4.78, 5) is 14.8. The van der Waals surface area contributed by atoms with Crippen molar-refractivity contribution in [3.63, 3.8) is 0 Å². The first-order valence-corrected chi connectivity index (χ1v) is 7.98. The van der Waals surface area contributed by atoms with Crippen molar-refractivity contribution in [3.8, 4) is 0 Å². The van der Waals surface area contributed by atoms with Crippen molar-refractivity contribution in [2.75, 3.05) is 39.3 Å². The molecule has 2 heterocycles. The minimum Gasteiger partial charge on any atom is -0.356 e. The van der Waals surface area contributed by atoms with Gasteiger partial charge in [0.25, 0.3) is 0 Å². The molecule has 1 unspecified atom stereocenters. The molecule has 2 saturated heterocycles. The fraction of sp³-hybridized carbons (Fsp3) is 0.933. The number of carbonyl (C=O) groups excluding carboxylic acids is 1. The second kappa shape index (κ2) is 7.25. The van der Waals surface area contributed by atoms with Gasteiger partial charge in [0, 0.05) is 13.1 Å². The summed E-state index contributed by atoms with van der Waals surface area (Å²) in [5.41, 5.74) is -0.134. The van der Waals surface area contributed by atoms with Crippen LogP contribution in [0.3, 0.4) is 0 Å². The number of piperidine rings is 1. The van der Waals surface area contributed by atoms with E-state index < -0.39 is 0 Å². The second-order valence-corrected chi connectivity index (χ2v) is 6.07. The standard InChI is InChI=1S/C15H29N3O/c1-2-15(7-9-16-13-15)14(19)17-8-6-12-18-10-4-3-5-11-18/h16H,2-13H2,1H3,(H,17,19). The molecule has 0 aromatic rings. The SMILES string of the molecule is CCC1(C(=O)NCCCN2CCCCC2)CCNC1. The van der Waals surface area contributed by atoms with Crippen molar-refractivity contribution >= 4 is 5.91 Å². The summed E-state index contributed by atoms with van der Waals surface area (Å²) in [6.45, 7) is 8.42. The maximum atomic E-state index is 12.3. The summed E-state index contributed by atoms with van der Waals surface area (Å²) in [5, 5.41) is 6.47. The van der Waals surface area contributed by atoms with Gasteiger partial charge in [0.15, 0.2) is 0 Å². The Hall–Kier alpha value is -0.610. The van der Waals surface area contributed by atoms with Crippen molar-refractivity contribution in [3.05, 3.63) is 0 Å². The van der Waals surface area contributed by atoms with Gasteiger partial charge in [-0.1, -0.05) is 13.3 Å². The fourth-order valence-corrected chi connectivity index (χ4v) is 3.27. The summed E-state index contributed by atoms with van der Waals surface area (Å²) in [5.74, 6) is 0.263. The lowest BCUT2D eigenvalue weighted by molar-refractivity contribution is -0.130. The summed E-state index contributed by atoms with van der Waals surface area (Å²) in [6, 6.07) is 0. The maximum absolute atomic E-state index is 12.3. The molecule has 0 aliphatic carbocycles. The second-order valence-electron chi connectivity index (χ2n) is 6.07. The van der Waals surface area contributed by atoms with Gasteiger partial charge in [-0.05, 0) is 58.3 Å². The van der Waals surface area contributed by atoms with Gasteiger partial charge in [0.05, 0.1) is 5.41 Å². The predicted molar refractivity (Wildman–Crippen MR) is 78.1 cm³/mol. The van der Waals surface area contributed by atoms with E-state index in [1.165, 1.54) is 32.4 Å². The van der Waals surface area contributed by atoms with E-state index in [0.717, 1.165) is 45.4 Å². The Bertz CT molecular complexity index is 281. The lowest BCUT2D eigenvalue weighted by Gasteiger charge is -2.27. The van der Waals surface area contributed by atoms with Crippen LogP contribution in [0.4, 0.5) is 0 Å². The molecule has 2 aliphatic heterocycles. The molecule has 2 aliphatic rings. The first kappa shape index (κ1) is 14.8. The van der Waals surface area contributed by atoms with E-state index in [9.17, 15) is 4.79 Å². The Labute approximate surface area is 117 Å². The normalized spacial score (nSPS) is 28.5. The van der Waals surface area contributed by atoms with Gasteiger partial charge in [-0.25, -0.2) is 0 Å². The van der Waals surface area contributed by atoms with Crippen LogP contribution < -0.4 is 10.6 Å². The van der Waals surface area contributed by atoms with Crippen LogP contribution in [0.5, 0.6) is 0 Å². The maximum Gasteiger partial charge on any atom is 0.227 e. The summed E-state index contributed by atoms with van der Waals surface area (Å²) in [6.07, 6.45) is 7.09. The van der Waals surface area contributed by atoms with E-state index in [-0.39, 0.29) is 11.3 Å². The number of amides is 1. The van der Waals surface area contributed by atoms with Gasteiger partial charge in [-0.3, -0.25) is 4.79 Å². The Morgan fingerprint density at radius 1 is 1.32 bits per heavy atom. The highest BCUT2D eigenvalue weighted by atomic mass is 16.2. The minimum atomic E-state index is -0.134. The molecular formula is C15H29N3O. The predicted octanol–water partition coefficient (Wildman–Crippen LogP) is 1.37. The monoisotopic (exact) mass is 267 g/mol. The summed E-state index contributed by atoms with van der Waals surface area (Å²) in [7, 11) is 0. The summed E-state index contributed by atoms with van der Waals surface area (Å²) >= 11 is 0. The highest BCUT2D eigenvalue weighted by Gasteiger charge is 2.38. The molecule has 2 N–H and O–H groups in total. The first-order chi connectivity index (χ1) is 9.27. The third-order valence-corrected chi connectivity index (χ3v) is 4.79. The van der Waals surface area contributed by atoms with E-state index in [1.54, 1.807) is 0 Å². The molecule has 110 valence electrons.